The van der Waals surface area contributed by atoms with Crippen LogP contribution in [0.2, 0.25) is 0 Å². The van der Waals surface area contributed by atoms with E-state index >= 15 is 0 Å². The van der Waals surface area contributed by atoms with Crippen molar-refractivity contribution in [3.05, 3.63) is 30.0 Å². The lowest BCUT2D eigenvalue weighted by molar-refractivity contribution is 0.0953. The Hall–Kier alpha value is -1.82. The Bertz CT molecular complexity index is 646. The molecular formula is C10H12N3O4P. The number of H-pyrrole nitrogens is 1. The predicted molar refractivity (Wildman–Crippen MR) is 67.1 cm³/mol. The maximum atomic E-state index is 11.6. The quantitative estimate of drug-likeness (QED) is 0.412. The highest BCUT2D eigenvalue weighted by atomic mass is 31.2. The monoisotopic (exact) mass is 269 g/mol. The summed E-state index contributed by atoms with van der Waals surface area (Å²) in [5.41, 5.74) is 7.06. The first-order valence-corrected chi connectivity index (χ1v) is 6.86. The fourth-order valence-corrected chi connectivity index (χ4v) is 1.92. The molecule has 0 aliphatic rings. The Morgan fingerprint density at radius 3 is 2.78 bits per heavy atom. The van der Waals surface area contributed by atoms with Crippen molar-refractivity contribution in [3.63, 3.8) is 0 Å². The van der Waals surface area contributed by atoms with E-state index in [1.165, 1.54) is 0 Å². The summed E-state index contributed by atoms with van der Waals surface area (Å²) in [5, 5.41) is 2.91. The summed E-state index contributed by atoms with van der Waals surface area (Å²) in [4.78, 5) is 31.8. The fourth-order valence-electron chi connectivity index (χ4n) is 1.57. The zero-order valence-electron chi connectivity index (χ0n) is 9.25. The van der Waals surface area contributed by atoms with Gasteiger partial charge in [0.05, 0.1) is 11.2 Å². The molecule has 7 nitrogen and oxygen atoms in total. The molecule has 1 amide bonds. The van der Waals surface area contributed by atoms with Crippen LogP contribution in [-0.2, 0) is 4.57 Å². The lowest BCUT2D eigenvalue weighted by atomic mass is 10.2. The first-order chi connectivity index (χ1) is 8.37. The van der Waals surface area contributed by atoms with Crippen LogP contribution in [0.1, 0.15) is 10.5 Å². The number of rotatable bonds is 3. The van der Waals surface area contributed by atoms with Gasteiger partial charge in [0, 0.05) is 5.39 Å². The zero-order chi connectivity index (χ0) is 13.3. The number of nitrogens with two attached hydrogens (primary N) is 1. The minimum atomic E-state index is -4.25. The minimum Gasteiger partial charge on any atom is -0.397 e. The highest BCUT2D eigenvalue weighted by Gasteiger charge is 2.16. The molecule has 0 spiro atoms. The highest BCUT2D eigenvalue weighted by molar-refractivity contribution is 7.51. The zero-order valence-corrected chi connectivity index (χ0v) is 10.1. The number of anilines is 1. The van der Waals surface area contributed by atoms with Crippen molar-refractivity contribution >= 4 is 30.1 Å². The maximum absolute atomic E-state index is 11.6. The van der Waals surface area contributed by atoms with E-state index in [0.717, 1.165) is 5.39 Å². The van der Waals surface area contributed by atoms with Crippen molar-refractivity contribution in [2.24, 2.45) is 0 Å². The molecule has 0 radical (unpaired) electrons. The topological polar surface area (TPSA) is 128 Å². The summed E-state index contributed by atoms with van der Waals surface area (Å²) in [7, 11) is -4.25. The molecule has 2 aromatic rings. The number of aromatic amines is 1. The molecule has 0 saturated heterocycles. The van der Waals surface area contributed by atoms with Crippen LogP contribution in [0.3, 0.4) is 0 Å². The van der Waals surface area contributed by atoms with E-state index in [2.05, 4.69) is 10.3 Å². The van der Waals surface area contributed by atoms with Crippen LogP contribution in [0.5, 0.6) is 0 Å². The van der Waals surface area contributed by atoms with Crippen LogP contribution >= 0.6 is 7.60 Å². The van der Waals surface area contributed by atoms with Crippen LogP contribution < -0.4 is 11.1 Å². The minimum absolute atomic E-state index is 0.205. The molecule has 0 aliphatic heterocycles. The summed E-state index contributed by atoms with van der Waals surface area (Å²) >= 11 is 0. The SMILES string of the molecule is Nc1cccc2cc(C(=O)NCP(=O)(O)O)[nH]c12. The van der Waals surface area contributed by atoms with Crippen molar-refractivity contribution in [3.8, 4) is 0 Å². The number of para-hydroxylation sites is 1. The van der Waals surface area contributed by atoms with Gasteiger partial charge in [-0.25, -0.2) is 0 Å². The lowest BCUT2D eigenvalue weighted by Crippen LogP contribution is -2.24. The number of hydrogen-bond donors (Lipinski definition) is 5. The van der Waals surface area contributed by atoms with Gasteiger partial charge in [-0.15, -0.1) is 0 Å². The molecule has 0 aliphatic carbocycles. The largest absolute Gasteiger partial charge is 0.397 e. The Morgan fingerprint density at radius 2 is 2.17 bits per heavy atom. The molecule has 6 N–H and O–H groups in total. The third-order valence-corrected chi connectivity index (χ3v) is 2.95. The molecule has 1 aromatic heterocycles. The van der Waals surface area contributed by atoms with Gasteiger partial charge in [-0.05, 0) is 12.1 Å². The molecule has 0 bridgehead atoms. The Balaban J connectivity index is 2.24. The standard InChI is InChI=1S/C10H12N3O4P/c11-7-3-1-2-6-4-8(13-9(6)7)10(14)12-5-18(15,16)17/h1-4,13H,5,11H2,(H,12,14)(H2,15,16,17). The summed E-state index contributed by atoms with van der Waals surface area (Å²) < 4.78 is 10.6. The van der Waals surface area contributed by atoms with E-state index in [1.807, 2.05) is 0 Å². The van der Waals surface area contributed by atoms with Gasteiger partial charge in [-0.1, -0.05) is 12.1 Å². The van der Waals surface area contributed by atoms with Gasteiger partial charge in [0.25, 0.3) is 5.91 Å². The number of fused-ring (bicyclic) bond motifs is 1. The smallest absolute Gasteiger partial charge is 0.344 e. The molecule has 8 heteroatoms. The molecule has 0 saturated carbocycles. The van der Waals surface area contributed by atoms with E-state index < -0.39 is 19.8 Å². The van der Waals surface area contributed by atoms with Crippen LogP contribution in [0.25, 0.3) is 10.9 Å². The molecule has 18 heavy (non-hydrogen) atoms. The van der Waals surface area contributed by atoms with Crippen molar-refractivity contribution in [2.75, 3.05) is 12.0 Å². The number of amides is 1. The molecule has 0 fully saturated rings. The number of nitrogens with one attached hydrogen (secondary N) is 2. The first kappa shape index (κ1) is 12.6. The third kappa shape index (κ3) is 2.70. The van der Waals surface area contributed by atoms with E-state index in [4.69, 9.17) is 15.5 Å². The van der Waals surface area contributed by atoms with Crippen molar-refractivity contribution < 1.29 is 19.1 Å². The van der Waals surface area contributed by atoms with Gasteiger partial charge in [0.1, 0.15) is 12.0 Å². The molecule has 0 unspecified atom stereocenters. The van der Waals surface area contributed by atoms with Crippen LogP contribution in [0, 0.1) is 0 Å². The molecule has 1 aromatic carbocycles. The second-order valence-corrected chi connectivity index (χ2v) is 5.47. The van der Waals surface area contributed by atoms with Crippen molar-refractivity contribution in [1.29, 1.82) is 0 Å². The number of carbonyl (C=O) groups excluding carboxylic acids is 1. The van der Waals surface area contributed by atoms with E-state index in [1.54, 1.807) is 24.3 Å². The van der Waals surface area contributed by atoms with Gasteiger partial charge < -0.3 is 25.8 Å². The van der Waals surface area contributed by atoms with Crippen LogP contribution in [-0.4, -0.2) is 27.0 Å². The molecule has 1 heterocycles. The third-order valence-electron chi connectivity index (χ3n) is 2.38. The number of nitrogen functional groups attached to an aromatic ring is 1. The van der Waals surface area contributed by atoms with E-state index in [-0.39, 0.29) is 5.69 Å². The number of benzene rings is 1. The highest BCUT2D eigenvalue weighted by Crippen LogP contribution is 2.32. The normalized spacial score (nSPS) is 11.7. The van der Waals surface area contributed by atoms with Crippen LogP contribution in [0.15, 0.2) is 24.3 Å². The number of aromatic nitrogens is 1. The molecule has 2 rings (SSSR count). The molecule has 0 atom stereocenters. The van der Waals surface area contributed by atoms with Crippen LogP contribution in [0.4, 0.5) is 5.69 Å². The average Bonchev–Trinajstić information content (AvgIpc) is 2.70. The Labute approximate surface area is 102 Å². The van der Waals surface area contributed by atoms with Crippen molar-refractivity contribution in [1.82, 2.24) is 10.3 Å². The number of carbonyl (C=O) groups is 1. The van der Waals surface area contributed by atoms with E-state index in [9.17, 15) is 9.36 Å². The first-order valence-electron chi connectivity index (χ1n) is 5.07. The average molecular weight is 269 g/mol. The second-order valence-electron chi connectivity index (χ2n) is 3.82. The van der Waals surface area contributed by atoms with Gasteiger partial charge in [0.2, 0.25) is 0 Å². The van der Waals surface area contributed by atoms with Crippen molar-refractivity contribution in [2.45, 2.75) is 0 Å². The summed E-state index contributed by atoms with van der Waals surface area (Å²) in [6.45, 7) is 0. The summed E-state index contributed by atoms with van der Waals surface area (Å²) in [5.74, 6) is -0.589. The number of hydrogen-bond acceptors (Lipinski definition) is 3. The predicted octanol–water partition coefficient (Wildman–Crippen LogP) is 0.615. The molecular weight excluding hydrogens is 257 g/mol. The lowest BCUT2D eigenvalue weighted by Gasteiger charge is -2.04. The summed E-state index contributed by atoms with van der Waals surface area (Å²) in [6.07, 6.45) is -0.698. The Morgan fingerprint density at radius 1 is 1.44 bits per heavy atom. The molecule has 96 valence electrons. The van der Waals surface area contributed by atoms with Gasteiger partial charge in [0.15, 0.2) is 0 Å². The summed E-state index contributed by atoms with van der Waals surface area (Å²) in [6, 6.07) is 6.79. The van der Waals surface area contributed by atoms with Gasteiger partial charge in [-0.3, -0.25) is 9.36 Å². The fraction of sp³-hybridized carbons (Fsp3) is 0.100. The Kier molecular flexibility index (Phi) is 3.13. The maximum Gasteiger partial charge on any atom is 0.344 e. The van der Waals surface area contributed by atoms with Gasteiger partial charge >= 0.3 is 7.60 Å². The van der Waals surface area contributed by atoms with Gasteiger partial charge in [-0.2, -0.15) is 0 Å². The second kappa shape index (κ2) is 4.45. The van der Waals surface area contributed by atoms with E-state index in [0.29, 0.717) is 11.2 Å².